The van der Waals surface area contributed by atoms with Gasteiger partial charge in [0, 0.05) is 10.4 Å². The monoisotopic (exact) mass is 576 g/mol. The molecule has 0 unspecified atom stereocenters. The van der Waals surface area contributed by atoms with E-state index in [0.29, 0.717) is 38.1 Å². The Hall–Kier alpha value is -4.54. The summed E-state index contributed by atoms with van der Waals surface area (Å²) in [5.41, 5.74) is 5.23. The summed E-state index contributed by atoms with van der Waals surface area (Å²) in [6.45, 7) is 6.04. The molecule has 0 bridgehead atoms. The van der Waals surface area contributed by atoms with Crippen LogP contribution in [0.3, 0.4) is 0 Å². The van der Waals surface area contributed by atoms with Gasteiger partial charge in [-0.2, -0.15) is 0 Å². The third-order valence-corrected chi connectivity index (χ3v) is 9.16. The second kappa shape index (κ2) is 9.83. The highest BCUT2D eigenvalue weighted by Gasteiger charge is 2.20. The lowest BCUT2D eigenvalue weighted by molar-refractivity contribution is 0.925. The standard InChI is InChI=1S/C31H24N6O2S2/c1-17-12-14-20(15-13-17)25-19(3)41-28-26(25)27(38)32-24(33-28)16-40-31-35-34-30-36(22-10-6-4-8-18(22)2)29(39)21-9-5-7-11-23(21)37(30)31/h4-15H,16H2,1-3H3,(H,32,33,38). The van der Waals surface area contributed by atoms with Gasteiger partial charge in [-0.25, -0.2) is 9.55 Å². The Bertz CT molecular complexity index is 2240. The van der Waals surface area contributed by atoms with Crippen LogP contribution in [0.4, 0.5) is 0 Å². The smallest absolute Gasteiger partial charge is 0.267 e. The minimum atomic E-state index is -0.157. The Morgan fingerprint density at radius 2 is 1.66 bits per heavy atom. The Balaban J connectivity index is 1.31. The summed E-state index contributed by atoms with van der Waals surface area (Å²) in [5.74, 6) is 1.36. The molecule has 41 heavy (non-hydrogen) atoms. The van der Waals surface area contributed by atoms with Crippen LogP contribution in [0.15, 0.2) is 87.5 Å². The summed E-state index contributed by atoms with van der Waals surface area (Å²) in [5, 5.41) is 10.7. The largest absolute Gasteiger partial charge is 0.309 e. The zero-order chi connectivity index (χ0) is 28.2. The maximum Gasteiger partial charge on any atom is 0.267 e. The van der Waals surface area contributed by atoms with Crippen molar-refractivity contribution in [3.63, 3.8) is 0 Å². The van der Waals surface area contributed by atoms with Crippen molar-refractivity contribution in [2.45, 2.75) is 31.7 Å². The van der Waals surface area contributed by atoms with Gasteiger partial charge in [-0.1, -0.05) is 71.9 Å². The van der Waals surface area contributed by atoms with Crippen LogP contribution >= 0.6 is 23.1 Å². The molecule has 0 saturated heterocycles. The van der Waals surface area contributed by atoms with Gasteiger partial charge in [0.1, 0.15) is 10.7 Å². The highest BCUT2D eigenvalue weighted by molar-refractivity contribution is 7.98. The van der Waals surface area contributed by atoms with Gasteiger partial charge in [-0.05, 0) is 50.1 Å². The quantitative estimate of drug-likeness (QED) is 0.245. The number of thioether (sulfide) groups is 1. The molecule has 7 aromatic rings. The molecule has 1 N–H and O–H groups in total. The molecule has 4 aromatic heterocycles. The number of rotatable bonds is 5. The number of hydrogen-bond acceptors (Lipinski definition) is 7. The fourth-order valence-electron chi connectivity index (χ4n) is 5.24. The number of benzene rings is 3. The van der Waals surface area contributed by atoms with E-state index in [2.05, 4.69) is 27.3 Å². The summed E-state index contributed by atoms with van der Waals surface area (Å²) in [6.07, 6.45) is 0. The van der Waals surface area contributed by atoms with Gasteiger partial charge in [0.15, 0.2) is 5.16 Å². The second-order valence-corrected chi connectivity index (χ2v) is 12.1. The van der Waals surface area contributed by atoms with E-state index in [0.717, 1.165) is 32.8 Å². The van der Waals surface area contributed by atoms with Crippen molar-refractivity contribution in [2.75, 3.05) is 0 Å². The molecular weight excluding hydrogens is 553 g/mol. The van der Waals surface area contributed by atoms with Crippen molar-refractivity contribution in [1.29, 1.82) is 0 Å². The average molecular weight is 577 g/mol. The van der Waals surface area contributed by atoms with E-state index in [1.165, 1.54) is 28.7 Å². The Morgan fingerprint density at radius 3 is 2.46 bits per heavy atom. The lowest BCUT2D eigenvalue weighted by Crippen LogP contribution is -2.22. The Labute approximate surface area is 242 Å². The molecule has 7 rings (SSSR count). The number of fused-ring (bicyclic) bond motifs is 4. The van der Waals surface area contributed by atoms with Crippen molar-refractivity contribution >= 4 is 50.0 Å². The molecule has 0 aliphatic carbocycles. The third-order valence-electron chi connectivity index (χ3n) is 7.22. The minimum absolute atomic E-state index is 0.153. The molecule has 0 radical (unpaired) electrons. The predicted octanol–water partition coefficient (Wildman–Crippen LogP) is 6.22. The van der Waals surface area contributed by atoms with Crippen LogP contribution in [0.1, 0.15) is 21.8 Å². The number of para-hydroxylation sites is 2. The van der Waals surface area contributed by atoms with Gasteiger partial charge in [-0.3, -0.25) is 14.0 Å². The molecule has 3 aromatic carbocycles. The van der Waals surface area contributed by atoms with E-state index in [4.69, 9.17) is 4.98 Å². The summed E-state index contributed by atoms with van der Waals surface area (Å²) < 4.78 is 3.51. The van der Waals surface area contributed by atoms with E-state index >= 15 is 0 Å². The number of aromatic nitrogens is 6. The molecule has 0 atom stereocenters. The summed E-state index contributed by atoms with van der Waals surface area (Å²) >= 11 is 2.94. The minimum Gasteiger partial charge on any atom is -0.309 e. The number of H-pyrrole nitrogens is 1. The van der Waals surface area contributed by atoms with Crippen molar-refractivity contribution in [1.82, 2.24) is 29.1 Å². The first-order chi connectivity index (χ1) is 19.9. The van der Waals surface area contributed by atoms with E-state index in [1.807, 2.05) is 85.8 Å². The van der Waals surface area contributed by atoms with Crippen LogP contribution in [-0.4, -0.2) is 29.1 Å². The topological polar surface area (TPSA) is 97.9 Å². The number of nitrogens with zero attached hydrogens (tertiary/aromatic N) is 5. The molecule has 10 heteroatoms. The highest BCUT2D eigenvalue weighted by atomic mass is 32.2. The number of thiophene rings is 1. The van der Waals surface area contributed by atoms with Crippen LogP contribution in [-0.2, 0) is 5.75 Å². The SMILES string of the molecule is Cc1ccc(-c2c(C)sc3nc(CSc4nnc5n(-c6ccccc6C)c(=O)c6ccccc6n45)[nH]c(=O)c23)cc1. The lowest BCUT2D eigenvalue weighted by Gasteiger charge is -2.13. The first-order valence-electron chi connectivity index (χ1n) is 13.1. The van der Waals surface area contributed by atoms with Gasteiger partial charge in [0.2, 0.25) is 5.78 Å². The maximum absolute atomic E-state index is 13.6. The summed E-state index contributed by atoms with van der Waals surface area (Å²) in [4.78, 5) is 36.5. The molecular formula is C31H24N6O2S2. The molecule has 0 amide bonds. The predicted molar refractivity (Wildman–Crippen MR) is 166 cm³/mol. The van der Waals surface area contributed by atoms with Crippen LogP contribution in [0, 0.1) is 20.8 Å². The van der Waals surface area contributed by atoms with E-state index in [9.17, 15) is 9.59 Å². The number of aryl methyl sites for hydroxylation is 3. The Morgan fingerprint density at radius 1 is 0.902 bits per heavy atom. The molecule has 202 valence electrons. The molecule has 8 nitrogen and oxygen atoms in total. The van der Waals surface area contributed by atoms with E-state index in [1.54, 1.807) is 4.57 Å². The third kappa shape index (κ3) is 4.18. The molecule has 0 spiro atoms. The zero-order valence-electron chi connectivity index (χ0n) is 22.5. The first kappa shape index (κ1) is 25.4. The number of hydrogen-bond donors (Lipinski definition) is 1. The van der Waals surface area contributed by atoms with Gasteiger partial charge >= 0.3 is 0 Å². The van der Waals surface area contributed by atoms with Gasteiger partial charge < -0.3 is 4.98 Å². The molecule has 0 fully saturated rings. The molecule has 4 heterocycles. The van der Waals surface area contributed by atoms with Crippen LogP contribution < -0.4 is 11.1 Å². The Kier molecular flexibility index (Phi) is 6.09. The van der Waals surface area contributed by atoms with Crippen molar-refractivity contribution in [3.05, 3.63) is 115 Å². The molecule has 0 aliphatic rings. The summed E-state index contributed by atoms with van der Waals surface area (Å²) in [6, 6.07) is 23.4. The first-order valence-corrected chi connectivity index (χ1v) is 14.9. The fraction of sp³-hybridized carbons (Fsp3) is 0.129. The van der Waals surface area contributed by atoms with E-state index < -0.39 is 0 Å². The highest BCUT2D eigenvalue weighted by Crippen LogP contribution is 2.36. The second-order valence-electron chi connectivity index (χ2n) is 9.94. The molecule has 0 saturated carbocycles. The average Bonchev–Trinajstić information content (AvgIpc) is 3.54. The van der Waals surface area contributed by atoms with Crippen molar-refractivity contribution in [2.24, 2.45) is 0 Å². The van der Waals surface area contributed by atoms with Crippen molar-refractivity contribution < 1.29 is 0 Å². The number of aromatic amines is 1. The van der Waals surface area contributed by atoms with Crippen molar-refractivity contribution in [3.8, 4) is 16.8 Å². The van der Waals surface area contributed by atoms with Crippen LogP contribution in [0.2, 0.25) is 0 Å². The van der Waals surface area contributed by atoms with Gasteiger partial charge in [0.25, 0.3) is 11.1 Å². The maximum atomic E-state index is 13.6. The van der Waals surface area contributed by atoms with Gasteiger partial charge in [0.05, 0.1) is 27.7 Å². The fourth-order valence-corrected chi connectivity index (χ4v) is 7.11. The number of nitrogens with one attached hydrogen (secondary N) is 1. The van der Waals surface area contributed by atoms with Crippen LogP contribution in [0.25, 0.3) is 43.7 Å². The molecule has 0 aliphatic heterocycles. The van der Waals surface area contributed by atoms with E-state index in [-0.39, 0.29) is 11.1 Å². The van der Waals surface area contributed by atoms with Gasteiger partial charge in [-0.15, -0.1) is 21.5 Å². The zero-order valence-corrected chi connectivity index (χ0v) is 24.1. The summed E-state index contributed by atoms with van der Waals surface area (Å²) in [7, 11) is 0. The lowest BCUT2D eigenvalue weighted by atomic mass is 10.0. The van der Waals surface area contributed by atoms with Crippen LogP contribution in [0.5, 0.6) is 0 Å². The normalized spacial score (nSPS) is 11.7.